The smallest absolute Gasteiger partial charge is 0.341 e. The van der Waals surface area contributed by atoms with Gasteiger partial charge in [-0.05, 0) is 18.2 Å². The molecule has 0 radical (unpaired) electrons. The largest absolute Gasteiger partial charge is 0.507 e. The number of rotatable bonds is 3. The molecule has 0 aliphatic carbocycles. The molecule has 6 nitrogen and oxygen atoms in total. The molecule has 0 fully saturated rings. The van der Waals surface area contributed by atoms with Crippen LogP contribution >= 0.6 is 0 Å². The van der Waals surface area contributed by atoms with Gasteiger partial charge in [0.2, 0.25) is 6.54 Å². The topological polar surface area (TPSA) is 89.7 Å². The number of carbonyl (C=O) groups excluding carboxylic acids is 1. The second kappa shape index (κ2) is 4.41. The van der Waals surface area contributed by atoms with Crippen LogP contribution in [0.1, 0.15) is 15.9 Å². The van der Waals surface area contributed by atoms with Gasteiger partial charge in [-0.25, -0.2) is 4.79 Å². The van der Waals surface area contributed by atoms with Crippen LogP contribution in [0.3, 0.4) is 0 Å². The van der Waals surface area contributed by atoms with Crippen molar-refractivity contribution in [3.63, 3.8) is 0 Å². The molecule has 1 aromatic carbocycles. The van der Waals surface area contributed by atoms with Gasteiger partial charge in [0, 0.05) is 10.5 Å². The predicted octanol–water partition coefficient (Wildman–Crippen LogP) is 0.956. The first kappa shape index (κ1) is 11.0. The molecular weight excluding hydrogens is 202 g/mol. The molecular formula is C9H9NO5. The molecule has 0 aromatic heterocycles. The summed E-state index contributed by atoms with van der Waals surface area (Å²) in [6.07, 6.45) is 0. The maximum atomic E-state index is 11.1. The third-order valence-electron chi connectivity index (χ3n) is 1.78. The highest BCUT2D eigenvalue weighted by molar-refractivity contribution is 5.92. The molecule has 0 aliphatic heterocycles. The Bertz CT molecular complexity index is 401. The Morgan fingerprint density at radius 1 is 1.60 bits per heavy atom. The third-order valence-corrected chi connectivity index (χ3v) is 1.78. The summed E-state index contributed by atoms with van der Waals surface area (Å²) in [7, 11) is 1.17. The van der Waals surface area contributed by atoms with E-state index < -0.39 is 17.4 Å². The molecule has 1 N–H and O–H groups in total. The second-order valence-corrected chi connectivity index (χ2v) is 2.83. The molecule has 0 atom stereocenters. The van der Waals surface area contributed by atoms with Crippen molar-refractivity contribution < 1.29 is 19.6 Å². The second-order valence-electron chi connectivity index (χ2n) is 2.83. The molecule has 6 heteroatoms. The number of carbonyl (C=O) groups is 1. The lowest BCUT2D eigenvalue weighted by Crippen LogP contribution is -2.04. The van der Waals surface area contributed by atoms with Gasteiger partial charge in [0.15, 0.2) is 0 Å². The van der Waals surface area contributed by atoms with E-state index in [4.69, 9.17) is 0 Å². The number of esters is 1. The number of aromatic hydroxyl groups is 1. The summed E-state index contributed by atoms with van der Waals surface area (Å²) in [5, 5.41) is 19.5. The zero-order valence-electron chi connectivity index (χ0n) is 7.97. The van der Waals surface area contributed by atoms with E-state index in [1.54, 1.807) is 0 Å². The van der Waals surface area contributed by atoms with E-state index in [1.807, 2.05) is 0 Å². The maximum Gasteiger partial charge on any atom is 0.341 e. The van der Waals surface area contributed by atoms with E-state index in [9.17, 15) is 20.0 Å². The Hall–Kier alpha value is -2.11. The average molecular weight is 211 g/mol. The molecule has 80 valence electrons. The predicted molar refractivity (Wildman–Crippen MR) is 50.1 cm³/mol. The van der Waals surface area contributed by atoms with Crippen LogP contribution in [0.2, 0.25) is 0 Å². The molecule has 0 heterocycles. The molecule has 0 spiro atoms. The molecule has 0 bridgehead atoms. The number of ether oxygens (including phenoxy) is 1. The number of benzene rings is 1. The molecule has 1 aromatic rings. The molecule has 0 aliphatic rings. The standard InChI is InChI=1S/C9H9NO5/c1-15-9(12)7-4-6(5-10(13)14)2-3-8(7)11/h2-4,11H,5H2,1H3. The van der Waals surface area contributed by atoms with Gasteiger partial charge >= 0.3 is 5.97 Å². The zero-order valence-corrected chi connectivity index (χ0v) is 7.97. The number of phenols is 1. The normalized spacial score (nSPS) is 9.67. The lowest BCUT2D eigenvalue weighted by Gasteiger charge is -2.03. The number of nitro groups is 1. The fourth-order valence-electron chi connectivity index (χ4n) is 1.10. The minimum absolute atomic E-state index is 0.0724. The van der Waals surface area contributed by atoms with E-state index in [1.165, 1.54) is 25.3 Å². The van der Waals surface area contributed by atoms with Gasteiger partial charge in [-0.2, -0.15) is 0 Å². The Labute approximate surface area is 85.2 Å². The minimum atomic E-state index is -0.724. The summed E-state index contributed by atoms with van der Waals surface area (Å²) in [6.45, 7) is -0.399. The van der Waals surface area contributed by atoms with Crippen molar-refractivity contribution in [2.45, 2.75) is 6.54 Å². The van der Waals surface area contributed by atoms with Crippen LogP contribution in [0.15, 0.2) is 18.2 Å². The summed E-state index contributed by atoms with van der Waals surface area (Å²) >= 11 is 0. The van der Waals surface area contributed by atoms with Crippen LogP contribution in [0.4, 0.5) is 0 Å². The van der Waals surface area contributed by atoms with Crippen molar-refractivity contribution in [3.05, 3.63) is 39.4 Å². The van der Waals surface area contributed by atoms with Crippen molar-refractivity contribution in [3.8, 4) is 5.75 Å². The van der Waals surface area contributed by atoms with E-state index in [-0.39, 0.29) is 11.3 Å². The Morgan fingerprint density at radius 3 is 2.80 bits per heavy atom. The van der Waals surface area contributed by atoms with Gasteiger partial charge in [0.05, 0.1) is 7.11 Å². The number of nitrogens with zero attached hydrogens (tertiary/aromatic N) is 1. The Balaban J connectivity index is 3.05. The average Bonchev–Trinajstić information content (AvgIpc) is 2.19. The Kier molecular flexibility index (Phi) is 3.22. The SMILES string of the molecule is COC(=O)c1cc(C[N+](=O)[O-])ccc1O. The van der Waals surface area contributed by atoms with Gasteiger partial charge in [-0.15, -0.1) is 0 Å². The van der Waals surface area contributed by atoms with Gasteiger partial charge in [-0.1, -0.05) is 0 Å². The van der Waals surface area contributed by atoms with Crippen molar-refractivity contribution >= 4 is 5.97 Å². The molecule has 0 amide bonds. The van der Waals surface area contributed by atoms with Crippen LogP contribution in [0, 0.1) is 10.1 Å². The summed E-state index contributed by atoms with van der Waals surface area (Å²) in [5.41, 5.74) is 0.259. The molecule has 1 rings (SSSR count). The fourth-order valence-corrected chi connectivity index (χ4v) is 1.10. The summed E-state index contributed by atoms with van der Waals surface area (Å²) in [4.78, 5) is 20.8. The fraction of sp³-hybridized carbons (Fsp3) is 0.222. The van der Waals surface area contributed by atoms with Gasteiger partial charge in [0.25, 0.3) is 0 Å². The van der Waals surface area contributed by atoms with Crippen molar-refractivity contribution in [1.29, 1.82) is 0 Å². The number of methoxy groups -OCH3 is 1. The highest BCUT2D eigenvalue weighted by Crippen LogP contribution is 2.19. The first-order chi connectivity index (χ1) is 7.04. The molecule has 0 saturated heterocycles. The zero-order chi connectivity index (χ0) is 11.4. The lowest BCUT2D eigenvalue weighted by atomic mass is 10.1. The Morgan fingerprint density at radius 2 is 2.27 bits per heavy atom. The molecule has 15 heavy (non-hydrogen) atoms. The number of phenolic OH excluding ortho intramolecular Hbond substituents is 1. The molecule has 0 saturated carbocycles. The van der Waals surface area contributed by atoms with Gasteiger partial charge in [0.1, 0.15) is 11.3 Å². The minimum Gasteiger partial charge on any atom is -0.507 e. The first-order valence-electron chi connectivity index (χ1n) is 4.06. The number of hydrogen-bond donors (Lipinski definition) is 1. The van der Waals surface area contributed by atoms with Gasteiger partial charge < -0.3 is 9.84 Å². The summed E-state index contributed by atoms with van der Waals surface area (Å²) in [6, 6.07) is 3.85. The summed E-state index contributed by atoms with van der Waals surface area (Å²) in [5.74, 6) is -0.980. The quantitative estimate of drug-likeness (QED) is 0.456. The number of hydrogen-bond acceptors (Lipinski definition) is 5. The molecule has 0 unspecified atom stereocenters. The van der Waals surface area contributed by atoms with Gasteiger partial charge in [-0.3, -0.25) is 10.1 Å². The van der Waals surface area contributed by atoms with Crippen LogP contribution in [0.25, 0.3) is 0 Å². The van der Waals surface area contributed by atoms with E-state index in [0.29, 0.717) is 5.56 Å². The van der Waals surface area contributed by atoms with Crippen molar-refractivity contribution in [1.82, 2.24) is 0 Å². The van der Waals surface area contributed by atoms with Crippen LogP contribution < -0.4 is 0 Å². The van der Waals surface area contributed by atoms with Crippen molar-refractivity contribution in [2.24, 2.45) is 0 Å². The maximum absolute atomic E-state index is 11.1. The van der Waals surface area contributed by atoms with Crippen LogP contribution in [0.5, 0.6) is 5.75 Å². The van der Waals surface area contributed by atoms with Crippen LogP contribution in [-0.2, 0) is 11.3 Å². The highest BCUT2D eigenvalue weighted by Gasteiger charge is 2.13. The monoisotopic (exact) mass is 211 g/mol. The van der Waals surface area contributed by atoms with E-state index in [0.717, 1.165) is 0 Å². The van der Waals surface area contributed by atoms with Crippen LogP contribution in [-0.4, -0.2) is 23.1 Å². The first-order valence-corrected chi connectivity index (χ1v) is 4.06. The van der Waals surface area contributed by atoms with Crippen molar-refractivity contribution in [2.75, 3.05) is 7.11 Å². The van der Waals surface area contributed by atoms with E-state index >= 15 is 0 Å². The highest BCUT2D eigenvalue weighted by atomic mass is 16.6. The lowest BCUT2D eigenvalue weighted by molar-refractivity contribution is -0.496. The summed E-state index contributed by atoms with van der Waals surface area (Å²) < 4.78 is 4.41. The third kappa shape index (κ3) is 2.67. The van der Waals surface area contributed by atoms with E-state index in [2.05, 4.69) is 4.74 Å².